The molecule has 1 atom stereocenters. The van der Waals surface area contributed by atoms with E-state index in [0.717, 1.165) is 5.69 Å². The second kappa shape index (κ2) is 8.45. The lowest BCUT2D eigenvalue weighted by Crippen LogP contribution is -2.41. The van der Waals surface area contributed by atoms with E-state index < -0.39 is 6.10 Å². The van der Waals surface area contributed by atoms with Gasteiger partial charge in [0.15, 0.2) is 0 Å². The molecule has 1 heterocycles. The molecule has 0 aliphatic carbocycles. The first-order valence-electron chi connectivity index (χ1n) is 8.09. The van der Waals surface area contributed by atoms with E-state index in [4.69, 9.17) is 4.74 Å². The fraction of sp³-hybridized carbons (Fsp3) is 0.368. The number of hydrogen-bond donors (Lipinski definition) is 1. The zero-order valence-electron chi connectivity index (χ0n) is 14.3. The second-order valence-electron chi connectivity index (χ2n) is 6.03. The summed E-state index contributed by atoms with van der Waals surface area (Å²) in [6, 6.07) is 12.7. The van der Waals surface area contributed by atoms with Gasteiger partial charge in [0, 0.05) is 24.3 Å². The lowest BCUT2D eigenvalue weighted by molar-refractivity contribution is 0.0578. The molecule has 0 saturated carbocycles. The highest BCUT2D eigenvalue weighted by atomic mass is 16.5. The van der Waals surface area contributed by atoms with Crippen molar-refractivity contribution < 1.29 is 14.6 Å². The van der Waals surface area contributed by atoms with Crippen LogP contribution in [-0.4, -0.2) is 39.6 Å². The molecule has 0 bridgehead atoms. The molecular formula is C19H24N2O3. The molecule has 2 rings (SSSR count). The Morgan fingerprint density at radius 1 is 1.17 bits per heavy atom. The summed E-state index contributed by atoms with van der Waals surface area (Å²) in [6.07, 6.45) is 1.17. The van der Waals surface area contributed by atoms with Gasteiger partial charge in [0.1, 0.15) is 12.4 Å². The van der Waals surface area contributed by atoms with E-state index in [9.17, 15) is 9.90 Å². The molecular weight excluding hydrogens is 304 g/mol. The molecule has 0 aliphatic rings. The topological polar surface area (TPSA) is 62.7 Å². The molecule has 5 heteroatoms. The quantitative estimate of drug-likeness (QED) is 0.849. The average Bonchev–Trinajstić information content (AvgIpc) is 2.58. The van der Waals surface area contributed by atoms with Crippen molar-refractivity contribution in [2.24, 2.45) is 0 Å². The van der Waals surface area contributed by atoms with Crippen LogP contribution in [0.3, 0.4) is 0 Å². The van der Waals surface area contributed by atoms with Gasteiger partial charge in [0.05, 0.1) is 11.8 Å². The van der Waals surface area contributed by atoms with E-state index in [1.807, 2.05) is 32.0 Å². The molecule has 1 amide bonds. The van der Waals surface area contributed by atoms with E-state index in [2.05, 4.69) is 4.98 Å². The lowest BCUT2D eigenvalue weighted by atomic mass is 10.1. The first-order valence-corrected chi connectivity index (χ1v) is 8.09. The molecule has 5 nitrogen and oxygen atoms in total. The van der Waals surface area contributed by atoms with Gasteiger partial charge in [-0.15, -0.1) is 0 Å². The van der Waals surface area contributed by atoms with Gasteiger partial charge in [0.2, 0.25) is 0 Å². The number of carbonyl (C=O) groups excluding carboxylic acids is 1. The number of amides is 1. The molecule has 0 saturated heterocycles. The molecule has 1 N–H and O–H groups in total. The van der Waals surface area contributed by atoms with E-state index >= 15 is 0 Å². The zero-order chi connectivity index (χ0) is 17.5. The summed E-state index contributed by atoms with van der Waals surface area (Å²) in [6.45, 7) is 6.25. The summed E-state index contributed by atoms with van der Waals surface area (Å²) in [7, 11) is 0. The van der Waals surface area contributed by atoms with Crippen LogP contribution in [0.15, 0.2) is 48.7 Å². The molecule has 1 unspecified atom stereocenters. The highest BCUT2D eigenvalue weighted by Crippen LogP contribution is 2.16. The first-order chi connectivity index (χ1) is 11.5. The van der Waals surface area contributed by atoms with Crippen LogP contribution in [0.4, 0.5) is 0 Å². The largest absolute Gasteiger partial charge is 0.487 e. The van der Waals surface area contributed by atoms with Gasteiger partial charge >= 0.3 is 0 Å². The summed E-state index contributed by atoms with van der Waals surface area (Å²) < 4.78 is 5.67. The maximum absolute atomic E-state index is 12.6. The van der Waals surface area contributed by atoms with E-state index in [1.165, 1.54) is 0 Å². The Labute approximate surface area is 142 Å². The van der Waals surface area contributed by atoms with Crippen molar-refractivity contribution in [3.63, 3.8) is 0 Å². The van der Waals surface area contributed by atoms with Crippen molar-refractivity contribution in [2.75, 3.05) is 6.54 Å². The van der Waals surface area contributed by atoms with Crippen LogP contribution in [-0.2, 0) is 6.61 Å². The molecule has 0 aliphatic heterocycles. The number of rotatable bonds is 7. The van der Waals surface area contributed by atoms with Gasteiger partial charge in [-0.25, -0.2) is 0 Å². The summed E-state index contributed by atoms with van der Waals surface area (Å²) in [4.78, 5) is 18.4. The monoisotopic (exact) mass is 328 g/mol. The minimum absolute atomic E-state index is 0.0205. The van der Waals surface area contributed by atoms with Crippen molar-refractivity contribution in [2.45, 2.75) is 39.5 Å². The highest BCUT2D eigenvalue weighted by Gasteiger charge is 2.20. The minimum atomic E-state index is -0.558. The second-order valence-corrected chi connectivity index (χ2v) is 6.03. The third-order valence-corrected chi connectivity index (χ3v) is 3.56. The molecule has 1 aromatic heterocycles. The number of aliphatic hydroxyl groups is 1. The maximum Gasteiger partial charge on any atom is 0.254 e. The van der Waals surface area contributed by atoms with Crippen LogP contribution in [0.2, 0.25) is 0 Å². The van der Waals surface area contributed by atoms with Crippen molar-refractivity contribution in [3.8, 4) is 5.75 Å². The van der Waals surface area contributed by atoms with Crippen molar-refractivity contribution >= 4 is 5.91 Å². The average molecular weight is 328 g/mol. The number of pyridine rings is 1. The minimum Gasteiger partial charge on any atom is -0.487 e. The Hall–Kier alpha value is -2.40. The Kier molecular flexibility index (Phi) is 6.32. The van der Waals surface area contributed by atoms with Gasteiger partial charge in [-0.05, 0) is 57.2 Å². The maximum atomic E-state index is 12.6. The van der Waals surface area contributed by atoms with Crippen molar-refractivity contribution in [1.29, 1.82) is 0 Å². The summed E-state index contributed by atoms with van der Waals surface area (Å²) in [5.41, 5.74) is 1.43. The van der Waals surface area contributed by atoms with Crippen LogP contribution in [0.5, 0.6) is 5.75 Å². The Morgan fingerprint density at radius 3 is 2.42 bits per heavy atom. The molecule has 0 fully saturated rings. The van der Waals surface area contributed by atoms with Gasteiger partial charge in [-0.3, -0.25) is 9.78 Å². The molecule has 24 heavy (non-hydrogen) atoms. The standard InChI is InChI=1S/C19H24N2O3/c1-14(2)21(12-15(3)22)19(23)16-7-9-18(10-8-16)24-13-17-6-4-5-11-20-17/h4-11,14-15,22H,12-13H2,1-3H3. The number of benzene rings is 1. The lowest BCUT2D eigenvalue weighted by Gasteiger charge is -2.28. The van der Waals surface area contributed by atoms with Crippen LogP contribution in [0, 0.1) is 0 Å². The van der Waals surface area contributed by atoms with Crippen molar-refractivity contribution in [3.05, 3.63) is 59.9 Å². The SMILES string of the molecule is CC(O)CN(C(=O)c1ccc(OCc2ccccn2)cc1)C(C)C. The Balaban J connectivity index is 2.01. The van der Waals surface area contributed by atoms with Gasteiger partial charge in [-0.1, -0.05) is 6.07 Å². The number of carbonyl (C=O) groups is 1. The predicted molar refractivity (Wildman–Crippen MR) is 92.9 cm³/mol. The molecule has 0 spiro atoms. The number of nitrogens with zero attached hydrogens (tertiary/aromatic N) is 2. The molecule has 0 radical (unpaired) electrons. The van der Waals surface area contributed by atoms with E-state index in [0.29, 0.717) is 24.5 Å². The number of hydrogen-bond acceptors (Lipinski definition) is 4. The fourth-order valence-electron chi connectivity index (χ4n) is 2.31. The molecule has 128 valence electrons. The van der Waals surface area contributed by atoms with Crippen LogP contribution < -0.4 is 4.74 Å². The van der Waals surface area contributed by atoms with Crippen molar-refractivity contribution in [1.82, 2.24) is 9.88 Å². The Bertz CT molecular complexity index is 639. The Morgan fingerprint density at radius 2 is 1.88 bits per heavy atom. The number of aromatic nitrogens is 1. The number of ether oxygens (including phenoxy) is 1. The van der Waals surface area contributed by atoms with Crippen LogP contribution >= 0.6 is 0 Å². The predicted octanol–water partition coefficient (Wildman–Crippen LogP) is 2.89. The summed E-state index contributed by atoms with van der Waals surface area (Å²) in [5.74, 6) is 0.589. The normalized spacial score (nSPS) is 12.0. The van der Waals surface area contributed by atoms with E-state index in [1.54, 1.807) is 42.3 Å². The van der Waals surface area contributed by atoms with E-state index in [-0.39, 0.29) is 11.9 Å². The van der Waals surface area contributed by atoms with Gasteiger partial charge in [0.25, 0.3) is 5.91 Å². The summed E-state index contributed by atoms with van der Waals surface area (Å²) >= 11 is 0. The van der Waals surface area contributed by atoms with Gasteiger partial charge in [-0.2, -0.15) is 0 Å². The smallest absolute Gasteiger partial charge is 0.254 e. The third-order valence-electron chi connectivity index (χ3n) is 3.56. The first kappa shape index (κ1) is 17.9. The summed E-state index contributed by atoms with van der Waals surface area (Å²) in [5, 5.41) is 9.57. The number of aliphatic hydroxyl groups excluding tert-OH is 1. The fourth-order valence-corrected chi connectivity index (χ4v) is 2.31. The molecule has 2 aromatic rings. The zero-order valence-corrected chi connectivity index (χ0v) is 14.3. The molecule has 1 aromatic carbocycles. The van der Waals surface area contributed by atoms with Gasteiger partial charge < -0.3 is 14.7 Å². The van der Waals surface area contributed by atoms with Crippen LogP contribution in [0.25, 0.3) is 0 Å². The third kappa shape index (κ3) is 5.06. The highest BCUT2D eigenvalue weighted by molar-refractivity contribution is 5.94. The van der Waals surface area contributed by atoms with Crippen LogP contribution in [0.1, 0.15) is 36.8 Å².